The lowest BCUT2D eigenvalue weighted by molar-refractivity contribution is 1.36. The van der Waals surface area contributed by atoms with E-state index in [0.29, 0.717) is 0 Å². The summed E-state index contributed by atoms with van der Waals surface area (Å²) in [5, 5.41) is 11.5. The van der Waals surface area contributed by atoms with Gasteiger partial charge in [-0.15, -0.1) is 0 Å². The van der Waals surface area contributed by atoms with Crippen LogP contribution in [0.5, 0.6) is 0 Å². The minimum Gasteiger partial charge on any atom is -0.256 e. The number of rotatable bonds is 5. The Morgan fingerprint density at radius 3 is 1.65 bits per heavy atom. The van der Waals surface area contributed by atoms with E-state index in [2.05, 4.69) is 158 Å². The minimum absolute atomic E-state index is 0.829. The molecule has 3 aromatic heterocycles. The second-order valence-corrected chi connectivity index (χ2v) is 17.4. The predicted molar refractivity (Wildman–Crippen MR) is 224 cm³/mol. The van der Waals surface area contributed by atoms with Gasteiger partial charge in [0.1, 0.15) is 0 Å². The van der Waals surface area contributed by atoms with E-state index in [1.54, 1.807) is 0 Å². The highest BCUT2D eigenvalue weighted by Crippen LogP contribution is 2.46. The van der Waals surface area contributed by atoms with Gasteiger partial charge in [-0.25, -0.2) is 9.97 Å². The summed E-state index contributed by atoms with van der Waals surface area (Å²) < 4.78 is 0. The molecule has 0 saturated carbocycles. The molecule has 0 radical (unpaired) electrons. The zero-order valence-corrected chi connectivity index (χ0v) is 29.7. The van der Waals surface area contributed by atoms with Crippen molar-refractivity contribution in [1.29, 1.82) is 0 Å². The van der Waals surface area contributed by atoms with Gasteiger partial charge < -0.3 is 0 Å². The molecule has 10 aromatic rings. The second-order valence-electron chi connectivity index (χ2n) is 13.0. The fourth-order valence-electron chi connectivity index (χ4n) is 7.85. The first kappa shape index (κ1) is 30.7. The second kappa shape index (κ2) is 12.3. The van der Waals surface area contributed by atoms with Gasteiger partial charge in [-0.05, 0) is 56.4 Å². The zero-order valence-electron chi connectivity index (χ0n) is 28.0. The largest absolute Gasteiger partial charge is 0.256 e. The maximum absolute atomic E-state index is 6.71. The van der Waals surface area contributed by atoms with E-state index in [4.69, 9.17) is 26.8 Å². The van der Waals surface area contributed by atoms with E-state index in [-0.39, 0.29) is 0 Å². The summed E-state index contributed by atoms with van der Waals surface area (Å²) in [6, 6.07) is 59.1. The van der Waals surface area contributed by atoms with Crippen LogP contribution >= 0.6 is 6.04 Å². The van der Waals surface area contributed by atoms with Crippen LogP contribution in [-0.4, -0.2) is 15.0 Å². The van der Waals surface area contributed by atoms with Gasteiger partial charge in [0.15, 0.2) is 0 Å². The molecule has 0 spiro atoms. The van der Waals surface area contributed by atoms with Crippen LogP contribution in [0.15, 0.2) is 182 Å². The maximum Gasteiger partial charge on any atom is 0.0822 e. The maximum atomic E-state index is 6.71. The number of hydrogen-bond acceptors (Lipinski definition) is 4. The Morgan fingerprint density at radius 1 is 0.442 bits per heavy atom. The van der Waals surface area contributed by atoms with Crippen molar-refractivity contribution in [3.8, 4) is 22.5 Å². The first-order chi connectivity index (χ1) is 25.7. The van der Waals surface area contributed by atoms with Gasteiger partial charge in [0, 0.05) is 38.9 Å². The highest BCUT2D eigenvalue weighted by Gasteiger charge is 2.27. The van der Waals surface area contributed by atoms with Crippen LogP contribution in [0, 0.1) is 0 Å². The Bertz CT molecular complexity index is 2990. The molecule has 3 nitrogen and oxygen atoms in total. The number of benzene rings is 7. The van der Waals surface area contributed by atoms with Crippen LogP contribution in [0.4, 0.5) is 0 Å². The van der Waals surface area contributed by atoms with Gasteiger partial charge in [0.25, 0.3) is 0 Å². The molecule has 0 bridgehead atoms. The SMILES string of the molecule is S=P(c1ccccc1)(c1ccccc1)c1cccc(-c2cc3nc(-c4ccccc4)c4c5ccccc5c5ccccc5c4c3c3cccnc23)n1. The van der Waals surface area contributed by atoms with E-state index in [9.17, 15) is 0 Å². The molecule has 0 amide bonds. The van der Waals surface area contributed by atoms with Crippen molar-refractivity contribution in [2.45, 2.75) is 0 Å². The molecule has 10 rings (SSSR count). The van der Waals surface area contributed by atoms with E-state index < -0.39 is 6.04 Å². The molecule has 0 aliphatic heterocycles. The number of hydrogen-bond donors (Lipinski definition) is 0. The fraction of sp³-hybridized carbons (Fsp3) is 0. The highest BCUT2D eigenvalue weighted by atomic mass is 32.4. The van der Waals surface area contributed by atoms with Crippen LogP contribution in [0.25, 0.3) is 76.6 Å². The van der Waals surface area contributed by atoms with Crippen molar-refractivity contribution in [2.75, 3.05) is 0 Å². The smallest absolute Gasteiger partial charge is 0.0822 e. The molecular formula is C47H30N3PS. The summed E-state index contributed by atoms with van der Waals surface area (Å²) in [5.41, 5.74) is 6.49. The normalized spacial score (nSPS) is 11.9. The van der Waals surface area contributed by atoms with Crippen LogP contribution in [0.1, 0.15) is 0 Å². The first-order valence-electron chi connectivity index (χ1n) is 17.4. The van der Waals surface area contributed by atoms with Gasteiger partial charge in [0.05, 0.1) is 33.9 Å². The van der Waals surface area contributed by atoms with Crippen LogP contribution < -0.4 is 16.0 Å². The number of fused-ring (bicyclic) bond motifs is 10. The quantitative estimate of drug-likeness (QED) is 0.132. The van der Waals surface area contributed by atoms with Gasteiger partial charge in [0.2, 0.25) is 0 Å². The van der Waals surface area contributed by atoms with Crippen molar-refractivity contribution < 1.29 is 0 Å². The Hall–Kier alpha value is -6.06. The van der Waals surface area contributed by atoms with E-state index in [1.807, 2.05) is 24.4 Å². The summed E-state index contributed by atoms with van der Waals surface area (Å²) >= 11 is 6.71. The summed E-state index contributed by atoms with van der Waals surface area (Å²) in [5.74, 6) is 0. The van der Waals surface area contributed by atoms with Crippen LogP contribution in [0.3, 0.4) is 0 Å². The van der Waals surface area contributed by atoms with E-state index in [0.717, 1.165) is 65.8 Å². The topological polar surface area (TPSA) is 38.7 Å². The predicted octanol–water partition coefficient (Wildman–Crippen LogP) is 10.7. The summed E-state index contributed by atoms with van der Waals surface area (Å²) in [7, 11) is 0. The van der Waals surface area contributed by atoms with Crippen LogP contribution in [0.2, 0.25) is 0 Å². The molecule has 0 fully saturated rings. The van der Waals surface area contributed by atoms with Gasteiger partial charge in [-0.3, -0.25) is 4.98 Å². The lowest BCUT2D eigenvalue weighted by atomic mass is 9.88. The summed E-state index contributed by atoms with van der Waals surface area (Å²) in [4.78, 5) is 16.1. The number of aromatic nitrogens is 3. The molecule has 7 aromatic carbocycles. The Labute approximate surface area is 306 Å². The van der Waals surface area contributed by atoms with Crippen molar-refractivity contribution in [3.05, 3.63) is 182 Å². The molecule has 3 heterocycles. The molecule has 244 valence electrons. The first-order valence-corrected chi connectivity index (χ1v) is 20.2. The third-order valence-electron chi connectivity index (χ3n) is 10.1. The Morgan fingerprint density at radius 2 is 1.00 bits per heavy atom. The minimum atomic E-state index is -2.48. The van der Waals surface area contributed by atoms with Gasteiger partial charge in [-0.2, -0.15) is 0 Å². The molecule has 52 heavy (non-hydrogen) atoms. The van der Waals surface area contributed by atoms with E-state index in [1.165, 1.54) is 26.9 Å². The average Bonchev–Trinajstić information content (AvgIpc) is 3.23. The van der Waals surface area contributed by atoms with Crippen molar-refractivity contribution in [1.82, 2.24) is 15.0 Å². The highest BCUT2D eigenvalue weighted by molar-refractivity contribution is 8.25. The lowest BCUT2D eigenvalue weighted by Crippen LogP contribution is -2.26. The monoisotopic (exact) mass is 699 g/mol. The molecular weight excluding hydrogens is 670 g/mol. The standard InChI is InChI=1S/C47H30N3PS/c52-51(32-18-6-2-7-19-32,33-20-8-3-9-21-33)42-28-14-27-40(49-42)39-30-41-43(38-26-15-29-48-47(38)39)44-36-24-12-10-22-34(36)35-23-11-13-25-37(35)45(44)46(50-41)31-16-4-1-5-17-31/h1-30H. The molecule has 5 heteroatoms. The molecule has 0 aliphatic rings. The molecule has 0 aliphatic carbocycles. The summed E-state index contributed by atoms with van der Waals surface area (Å²) in [6.07, 6.45) is 1.88. The Balaban J connectivity index is 1.33. The zero-order chi connectivity index (χ0) is 34.6. The fourth-order valence-corrected chi connectivity index (χ4v) is 11.4. The number of pyridine rings is 3. The number of nitrogens with zero attached hydrogens (tertiary/aromatic N) is 3. The molecule has 0 saturated heterocycles. The average molecular weight is 700 g/mol. The van der Waals surface area contributed by atoms with Gasteiger partial charge >= 0.3 is 0 Å². The Kier molecular flexibility index (Phi) is 7.28. The molecule has 0 atom stereocenters. The van der Waals surface area contributed by atoms with Crippen molar-refractivity contribution >= 4 is 88.0 Å². The molecule has 0 unspecified atom stereocenters. The van der Waals surface area contributed by atoms with Gasteiger partial charge in [-0.1, -0.05) is 163 Å². The summed E-state index contributed by atoms with van der Waals surface area (Å²) in [6.45, 7) is 0. The van der Waals surface area contributed by atoms with Crippen molar-refractivity contribution in [2.24, 2.45) is 0 Å². The van der Waals surface area contributed by atoms with Crippen LogP contribution in [-0.2, 0) is 11.8 Å². The van der Waals surface area contributed by atoms with Crippen molar-refractivity contribution in [3.63, 3.8) is 0 Å². The third kappa shape index (κ3) is 4.73. The lowest BCUT2D eigenvalue weighted by Gasteiger charge is -2.23. The van der Waals surface area contributed by atoms with E-state index >= 15 is 0 Å². The third-order valence-corrected chi connectivity index (χ3v) is 14.9. The molecule has 0 N–H and O–H groups in total.